The molecule has 0 radical (unpaired) electrons. The molecule has 0 atom stereocenters. The summed E-state index contributed by atoms with van der Waals surface area (Å²) in [7, 11) is 1.91. The summed E-state index contributed by atoms with van der Waals surface area (Å²) >= 11 is 6.08. The average molecular weight is 367 g/mol. The van der Waals surface area contributed by atoms with Gasteiger partial charge in [0.2, 0.25) is 5.95 Å². The Morgan fingerprint density at radius 2 is 1.77 bits per heavy atom. The zero-order valence-electron chi connectivity index (χ0n) is 14.6. The number of carbonyl (C=O) groups excluding carboxylic acids is 1. The molecule has 1 heterocycles. The minimum absolute atomic E-state index is 0.271. The molecule has 0 aliphatic rings. The van der Waals surface area contributed by atoms with Crippen LogP contribution in [0.2, 0.25) is 5.02 Å². The van der Waals surface area contributed by atoms with Crippen molar-refractivity contribution in [1.82, 2.24) is 9.97 Å². The average Bonchev–Trinajstić information content (AvgIpc) is 2.66. The van der Waals surface area contributed by atoms with Gasteiger partial charge in [0.1, 0.15) is 0 Å². The molecule has 0 bridgehead atoms. The second-order valence-corrected chi connectivity index (χ2v) is 6.39. The van der Waals surface area contributed by atoms with Gasteiger partial charge in [0.25, 0.3) is 5.91 Å². The number of rotatable bonds is 5. The van der Waals surface area contributed by atoms with Crippen molar-refractivity contribution in [3.8, 4) is 0 Å². The normalized spacial score (nSPS) is 10.4. The van der Waals surface area contributed by atoms with E-state index < -0.39 is 0 Å². The van der Waals surface area contributed by atoms with Crippen molar-refractivity contribution in [3.05, 3.63) is 82.6 Å². The third-order valence-electron chi connectivity index (χ3n) is 4.02. The van der Waals surface area contributed by atoms with E-state index in [0.29, 0.717) is 28.8 Å². The summed E-state index contributed by atoms with van der Waals surface area (Å²) in [5.74, 6) is 0.289. The predicted molar refractivity (Wildman–Crippen MR) is 105 cm³/mol. The van der Waals surface area contributed by atoms with Crippen LogP contribution in [0.25, 0.3) is 0 Å². The van der Waals surface area contributed by atoms with Gasteiger partial charge in [-0.05, 0) is 30.2 Å². The second-order valence-electron chi connectivity index (χ2n) is 5.98. The first kappa shape index (κ1) is 17.9. The molecule has 6 heteroatoms. The van der Waals surface area contributed by atoms with Gasteiger partial charge in [-0.1, -0.05) is 48.0 Å². The van der Waals surface area contributed by atoms with Gasteiger partial charge in [-0.3, -0.25) is 4.79 Å². The van der Waals surface area contributed by atoms with Gasteiger partial charge in [0.15, 0.2) is 0 Å². The van der Waals surface area contributed by atoms with E-state index in [1.54, 1.807) is 12.1 Å². The first-order chi connectivity index (χ1) is 12.5. The van der Waals surface area contributed by atoms with Crippen LogP contribution in [-0.2, 0) is 6.54 Å². The molecule has 1 amide bonds. The fourth-order valence-corrected chi connectivity index (χ4v) is 2.68. The number of halogens is 1. The summed E-state index contributed by atoms with van der Waals surface area (Å²) < 4.78 is 0. The lowest BCUT2D eigenvalue weighted by Crippen LogP contribution is -2.20. The minimum Gasteiger partial charge on any atom is -0.340 e. The molecule has 1 aromatic heterocycles. The van der Waals surface area contributed by atoms with E-state index in [4.69, 9.17) is 11.6 Å². The van der Waals surface area contributed by atoms with Crippen molar-refractivity contribution in [2.45, 2.75) is 13.5 Å². The number of benzene rings is 2. The third-order valence-corrected chi connectivity index (χ3v) is 4.43. The van der Waals surface area contributed by atoms with E-state index in [9.17, 15) is 4.79 Å². The highest BCUT2D eigenvalue weighted by Crippen LogP contribution is 2.23. The molecule has 26 heavy (non-hydrogen) atoms. The standard InChI is InChI=1S/C20H19ClN4O/c1-14-17(21)9-6-10-18(14)24-19(26)16-11-22-20(23-12-16)25(2)13-15-7-4-3-5-8-15/h3-12H,13H2,1-2H3,(H,24,26). The minimum atomic E-state index is -0.271. The van der Waals surface area contributed by atoms with E-state index in [2.05, 4.69) is 15.3 Å². The van der Waals surface area contributed by atoms with E-state index in [1.807, 2.05) is 55.3 Å². The topological polar surface area (TPSA) is 58.1 Å². The van der Waals surface area contributed by atoms with Crippen LogP contribution < -0.4 is 10.2 Å². The molecule has 132 valence electrons. The van der Waals surface area contributed by atoms with Crippen LogP contribution in [0.4, 0.5) is 11.6 Å². The van der Waals surface area contributed by atoms with E-state index in [1.165, 1.54) is 12.4 Å². The van der Waals surface area contributed by atoms with Gasteiger partial charge in [0.05, 0.1) is 5.56 Å². The van der Waals surface area contributed by atoms with Crippen LogP contribution in [0.3, 0.4) is 0 Å². The Bertz CT molecular complexity index is 897. The third kappa shape index (κ3) is 4.18. The van der Waals surface area contributed by atoms with Crippen molar-refractivity contribution < 1.29 is 4.79 Å². The molecule has 2 aromatic carbocycles. The van der Waals surface area contributed by atoms with E-state index >= 15 is 0 Å². The number of anilines is 2. The first-order valence-electron chi connectivity index (χ1n) is 8.18. The molecule has 3 aromatic rings. The summed E-state index contributed by atoms with van der Waals surface area (Å²) in [6, 6.07) is 15.5. The summed E-state index contributed by atoms with van der Waals surface area (Å²) in [5, 5.41) is 3.45. The van der Waals surface area contributed by atoms with Gasteiger partial charge in [-0.15, -0.1) is 0 Å². The lowest BCUT2D eigenvalue weighted by atomic mass is 10.2. The molecule has 0 aliphatic carbocycles. The molecule has 0 spiro atoms. The van der Waals surface area contributed by atoms with Gasteiger partial charge in [-0.2, -0.15) is 0 Å². The van der Waals surface area contributed by atoms with Crippen LogP contribution in [-0.4, -0.2) is 22.9 Å². The number of carbonyl (C=O) groups is 1. The number of hydrogen-bond donors (Lipinski definition) is 1. The van der Waals surface area contributed by atoms with Crippen LogP contribution in [0.15, 0.2) is 60.9 Å². The van der Waals surface area contributed by atoms with E-state index in [-0.39, 0.29) is 5.91 Å². The van der Waals surface area contributed by atoms with Gasteiger partial charge in [0, 0.05) is 36.7 Å². The Labute approximate surface area is 157 Å². The Balaban J connectivity index is 1.68. The monoisotopic (exact) mass is 366 g/mol. The fourth-order valence-electron chi connectivity index (χ4n) is 2.50. The van der Waals surface area contributed by atoms with Crippen molar-refractivity contribution in [2.75, 3.05) is 17.3 Å². The highest BCUT2D eigenvalue weighted by atomic mass is 35.5. The van der Waals surface area contributed by atoms with E-state index in [0.717, 1.165) is 11.1 Å². The first-order valence-corrected chi connectivity index (χ1v) is 8.56. The molecule has 0 saturated heterocycles. The number of amides is 1. The molecular formula is C20H19ClN4O. The van der Waals surface area contributed by atoms with Crippen LogP contribution >= 0.6 is 11.6 Å². The quantitative estimate of drug-likeness (QED) is 0.730. The molecule has 0 unspecified atom stereocenters. The summed E-state index contributed by atoms with van der Waals surface area (Å²) in [5.41, 5.74) is 3.05. The largest absolute Gasteiger partial charge is 0.340 e. The molecule has 1 N–H and O–H groups in total. The maximum Gasteiger partial charge on any atom is 0.258 e. The maximum absolute atomic E-state index is 12.4. The highest BCUT2D eigenvalue weighted by molar-refractivity contribution is 6.31. The smallest absolute Gasteiger partial charge is 0.258 e. The zero-order chi connectivity index (χ0) is 18.5. The van der Waals surface area contributed by atoms with Gasteiger partial charge in [-0.25, -0.2) is 9.97 Å². The lowest BCUT2D eigenvalue weighted by Gasteiger charge is -2.17. The number of hydrogen-bond acceptors (Lipinski definition) is 4. The zero-order valence-corrected chi connectivity index (χ0v) is 15.4. The number of nitrogens with zero attached hydrogens (tertiary/aromatic N) is 3. The van der Waals surface area contributed by atoms with Crippen LogP contribution in [0.5, 0.6) is 0 Å². The van der Waals surface area contributed by atoms with Gasteiger partial charge < -0.3 is 10.2 Å². The van der Waals surface area contributed by atoms with Crippen LogP contribution in [0.1, 0.15) is 21.5 Å². The number of nitrogens with one attached hydrogen (secondary N) is 1. The van der Waals surface area contributed by atoms with Crippen molar-refractivity contribution in [3.63, 3.8) is 0 Å². The fraction of sp³-hybridized carbons (Fsp3) is 0.150. The summed E-state index contributed by atoms with van der Waals surface area (Å²) in [6.45, 7) is 2.55. The molecule has 0 saturated carbocycles. The predicted octanol–water partition coefficient (Wildman–Crippen LogP) is 4.33. The SMILES string of the molecule is Cc1c(Cl)cccc1NC(=O)c1cnc(N(C)Cc2ccccc2)nc1. The Morgan fingerprint density at radius 3 is 2.46 bits per heavy atom. The Hall–Kier alpha value is -2.92. The highest BCUT2D eigenvalue weighted by Gasteiger charge is 2.12. The van der Waals surface area contributed by atoms with Crippen LogP contribution in [0, 0.1) is 6.92 Å². The Morgan fingerprint density at radius 1 is 1.08 bits per heavy atom. The lowest BCUT2D eigenvalue weighted by molar-refractivity contribution is 0.102. The number of aromatic nitrogens is 2. The maximum atomic E-state index is 12.4. The second kappa shape index (κ2) is 7.97. The molecule has 0 fully saturated rings. The molecule has 5 nitrogen and oxygen atoms in total. The summed E-state index contributed by atoms with van der Waals surface area (Å²) in [4.78, 5) is 22.9. The molecule has 3 rings (SSSR count). The van der Waals surface area contributed by atoms with Crippen molar-refractivity contribution in [1.29, 1.82) is 0 Å². The Kier molecular flexibility index (Phi) is 5.49. The molecule has 0 aliphatic heterocycles. The van der Waals surface area contributed by atoms with Crippen molar-refractivity contribution >= 4 is 29.1 Å². The van der Waals surface area contributed by atoms with Crippen molar-refractivity contribution in [2.24, 2.45) is 0 Å². The summed E-state index contributed by atoms with van der Waals surface area (Å²) in [6.07, 6.45) is 3.05. The van der Waals surface area contributed by atoms with Gasteiger partial charge >= 0.3 is 0 Å². The molecular weight excluding hydrogens is 348 g/mol.